The summed E-state index contributed by atoms with van der Waals surface area (Å²) in [5.41, 5.74) is 2.53. The zero-order valence-corrected chi connectivity index (χ0v) is 11.5. The molecule has 0 radical (unpaired) electrons. The van der Waals surface area contributed by atoms with Crippen molar-refractivity contribution in [3.63, 3.8) is 0 Å². The molecule has 17 heavy (non-hydrogen) atoms. The van der Waals surface area contributed by atoms with E-state index in [-0.39, 0.29) is 0 Å². The summed E-state index contributed by atoms with van der Waals surface area (Å²) >= 11 is 0. The number of hydrogen-bond acceptors (Lipinski definition) is 2. The van der Waals surface area contributed by atoms with Gasteiger partial charge in [0, 0.05) is 18.8 Å². The highest BCUT2D eigenvalue weighted by Gasteiger charge is 1.97. The summed E-state index contributed by atoms with van der Waals surface area (Å²) in [6, 6.07) is 8.58. The molecular weight excluding hydrogens is 208 g/mol. The van der Waals surface area contributed by atoms with Crippen molar-refractivity contribution in [2.24, 2.45) is 0 Å². The number of nitrogens with one attached hydrogen (secondary N) is 1. The first kappa shape index (κ1) is 14.0. The van der Waals surface area contributed by atoms with Gasteiger partial charge in [-0.25, -0.2) is 0 Å². The summed E-state index contributed by atoms with van der Waals surface area (Å²) in [4.78, 5) is 2.40. The highest BCUT2D eigenvalue weighted by molar-refractivity contribution is 5.44. The molecule has 0 saturated carbocycles. The second kappa shape index (κ2) is 8.13. The topological polar surface area (TPSA) is 15.3 Å². The predicted octanol–water partition coefficient (Wildman–Crippen LogP) is 3.53. The molecule has 0 aliphatic rings. The van der Waals surface area contributed by atoms with Gasteiger partial charge in [0.25, 0.3) is 0 Å². The Morgan fingerprint density at radius 2 is 1.76 bits per heavy atom. The first-order chi connectivity index (χ1) is 8.22. The maximum Gasteiger partial charge on any atom is 0.0340 e. The smallest absolute Gasteiger partial charge is 0.0340 e. The Labute approximate surface area is 106 Å². The molecule has 1 N–H and O–H groups in total. The molecule has 0 unspecified atom stereocenters. The van der Waals surface area contributed by atoms with E-state index in [4.69, 9.17) is 0 Å². The minimum absolute atomic E-state index is 1.02. The van der Waals surface area contributed by atoms with Gasteiger partial charge in [-0.1, -0.05) is 37.5 Å². The van der Waals surface area contributed by atoms with E-state index < -0.39 is 0 Å². The number of unbranched alkanes of at least 4 members (excludes halogenated alkanes) is 2. The fraction of sp³-hybridized carbons (Fsp3) is 0.600. The Bertz CT molecular complexity index is 292. The molecule has 1 aromatic rings. The Hall–Kier alpha value is -1.02. The molecule has 0 atom stereocenters. The van der Waals surface area contributed by atoms with Crippen LogP contribution in [0.3, 0.4) is 0 Å². The van der Waals surface area contributed by atoms with E-state index >= 15 is 0 Å². The number of rotatable bonds is 8. The van der Waals surface area contributed by atoms with Crippen molar-refractivity contribution in [2.45, 2.75) is 33.1 Å². The van der Waals surface area contributed by atoms with Gasteiger partial charge in [-0.3, -0.25) is 0 Å². The quantitative estimate of drug-likeness (QED) is 0.692. The minimum atomic E-state index is 1.02. The minimum Gasteiger partial charge on any atom is -0.384 e. The maximum absolute atomic E-state index is 3.45. The third-order valence-corrected chi connectivity index (χ3v) is 3.02. The van der Waals surface area contributed by atoms with Crippen LogP contribution < -0.4 is 5.32 Å². The van der Waals surface area contributed by atoms with Crippen LogP contribution in [0.25, 0.3) is 0 Å². The molecule has 0 bridgehead atoms. The van der Waals surface area contributed by atoms with Gasteiger partial charge in [0.2, 0.25) is 0 Å². The van der Waals surface area contributed by atoms with Crippen LogP contribution in [-0.4, -0.2) is 31.6 Å². The van der Waals surface area contributed by atoms with Gasteiger partial charge in [-0.2, -0.15) is 0 Å². The Balaban J connectivity index is 2.12. The zero-order valence-electron chi connectivity index (χ0n) is 11.5. The fourth-order valence-electron chi connectivity index (χ4n) is 1.81. The normalized spacial score (nSPS) is 10.8. The van der Waals surface area contributed by atoms with Crippen LogP contribution >= 0.6 is 0 Å². The number of hydrogen-bond donors (Lipinski definition) is 1. The van der Waals surface area contributed by atoms with Crippen molar-refractivity contribution in [2.75, 3.05) is 32.0 Å². The largest absolute Gasteiger partial charge is 0.384 e. The molecule has 2 heteroatoms. The zero-order chi connectivity index (χ0) is 12.5. The third-order valence-electron chi connectivity index (χ3n) is 3.02. The molecule has 0 spiro atoms. The Morgan fingerprint density at radius 3 is 2.41 bits per heavy atom. The summed E-state index contributed by atoms with van der Waals surface area (Å²) in [5.74, 6) is 0. The SMILES string of the molecule is CCCCCN(C)CCNc1ccc(C)cc1. The molecule has 1 aromatic carbocycles. The predicted molar refractivity (Wildman–Crippen MR) is 76.7 cm³/mol. The molecule has 2 nitrogen and oxygen atoms in total. The van der Waals surface area contributed by atoms with E-state index in [1.807, 2.05) is 0 Å². The van der Waals surface area contributed by atoms with Crippen molar-refractivity contribution in [1.29, 1.82) is 0 Å². The van der Waals surface area contributed by atoms with Crippen LogP contribution in [-0.2, 0) is 0 Å². The lowest BCUT2D eigenvalue weighted by Crippen LogP contribution is -2.26. The van der Waals surface area contributed by atoms with Crippen molar-refractivity contribution in [3.8, 4) is 0 Å². The average molecular weight is 234 g/mol. The van der Waals surface area contributed by atoms with Crippen LogP contribution in [0.4, 0.5) is 5.69 Å². The molecule has 96 valence electrons. The number of likely N-dealkylation sites (N-methyl/N-ethyl adjacent to an activating group) is 1. The molecule has 0 heterocycles. The van der Waals surface area contributed by atoms with E-state index in [9.17, 15) is 0 Å². The third kappa shape index (κ3) is 6.32. The van der Waals surface area contributed by atoms with Crippen LogP contribution in [0.2, 0.25) is 0 Å². The lowest BCUT2D eigenvalue weighted by Gasteiger charge is -2.17. The summed E-state index contributed by atoms with van der Waals surface area (Å²) < 4.78 is 0. The van der Waals surface area contributed by atoms with Gasteiger partial charge >= 0.3 is 0 Å². The van der Waals surface area contributed by atoms with Gasteiger partial charge in [0.1, 0.15) is 0 Å². The second-order valence-electron chi connectivity index (χ2n) is 4.80. The molecule has 0 aromatic heterocycles. The average Bonchev–Trinajstić information content (AvgIpc) is 2.32. The number of anilines is 1. The number of aryl methyl sites for hydroxylation is 1. The van der Waals surface area contributed by atoms with Crippen LogP contribution in [0.5, 0.6) is 0 Å². The second-order valence-corrected chi connectivity index (χ2v) is 4.80. The van der Waals surface area contributed by atoms with E-state index in [0.29, 0.717) is 0 Å². The molecule has 0 aliphatic carbocycles. The van der Waals surface area contributed by atoms with Crippen molar-refractivity contribution in [1.82, 2.24) is 4.90 Å². The monoisotopic (exact) mass is 234 g/mol. The standard InChI is InChI=1S/C15H26N2/c1-4-5-6-12-17(3)13-11-16-15-9-7-14(2)8-10-15/h7-10,16H,4-6,11-13H2,1-3H3. The molecular formula is C15H26N2. The fourth-order valence-corrected chi connectivity index (χ4v) is 1.81. The number of nitrogens with zero attached hydrogens (tertiary/aromatic N) is 1. The molecule has 0 amide bonds. The summed E-state index contributed by atoms with van der Waals surface area (Å²) in [7, 11) is 2.20. The highest BCUT2D eigenvalue weighted by atomic mass is 15.1. The summed E-state index contributed by atoms with van der Waals surface area (Å²) in [6.07, 6.45) is 3.96. The highest BCUT2D eigenvalue weighted by Crippen LogP contribution is 2.07. The lowest BCUT2D eigenvalue weighted by molar-refractivity contribution is 0.337. The Morgan fingerprint density at radius 1 is 1.06 bits per heavy atom. The molecule has 0 saturated heterocycles. The first-order valence-corrected chi connectivity index (χ1v) is 6.71. The summed E-state index contributed by atoms with van der Waals surface area (Å²) in [5, 5.41) is 3.45. The van der Waals surface area contributed by atoms with Crippen molar-refractivity contribution >= 4 is 5.69 Å². The van der Waals surface area contributed by atoms with Crippen LogP contribution in [0.15, 0.2) is 24.3 Å². The van der Waals surface area contributed by atoms with E-state index in [2.05, 4.69) is 55.4 Å². The van der Waals surface area contributed by atoms with Crippen LogP contribution in [0, 0.1) is 6.92 Å². The molecule has 0 aliphatic heterocycles. The van der Waals surface area contributed by atoms with E-state index in [1.165, 1.54) is 37.1 Å². The van der Waals surface area contributed by atoms with Crippen LogP contribution in [0.1, 0.15) is 31.7 Å². The van der Waals surface area contributed by atoms with E-state index in [0.717, 1.165) is 13.1 Å². The number of benzene rings is 1. The molecule has 1 rings (SSSR count). The maximum atomic E-state index is 3.45. The Kier molecular flexibility index (Phi) is 6.71. The van der Waals surface area contributed by atoms with Gasteiger partial charge < -0.3 is 10.2 Å². The van der Waals surface area contributed by atoms with E-state index in [1.54, 1.807) is 0 Å². The van der Waals surface area contributed by atoms with Gasteiger partial charge in [-0.05, 0) is 39.1 Å². The van der Waals surface area contributed by atoms with Gasteiger partial charge in [-0.15, -0.1) is 0 Å². The van der Waals surface area contributed by atoms with Crippen molar-refractivity contribution in [3.05, 3.63) is 29.8 Å². The van der Waals surface area contributed by atoms with Gasteiger partial charge in [0.05, 0.1) is 0 Å². The lowest BCUT2D eigenvalue weighted by atomic mass is 10.2. The first-order valence-electron chi connectivity index (χ1n) is 6.71. The van der Waals surface area contributed by atoms with Crippen molar-refractivity contribution < 1.29 is 0 Å². The molecule has 0 fully saturated rings. The van der Waals surface area contributed by atoms with Gasteiger partial charge in [0.15, 0.2) is 0 Å². The summed E-state index contributed by atoms with van der Waals surface area (Å²) in [6.45, 7) is 7.71.